The molecule has 2 heterocycles. The number of hydrogen-bond acceptors (Lipinski definition) is 3. The second-order valence-corrected chi connectivity index (χ2v) is 4.52. The van der Waals surface area contributed by atoms with E-state index in [1.807, 2.05) is 13.0 Å². The van der Waals surface area contributed by atoms with Gasteiger partial charge in [0.1, 0.15) is 11.6 Å². The van der Waals surface area contributed by atoms with Gasteiger partial charge in [0, 0.05) is 11.1 Å². The van der Waals surface area contributed by atoms with Crippen LogP contribution in [0.2, 0.25) is 0 Å². The summed E-state index contributed by atoms with van der Waals surface area (Å²) in [6.07, 6.45) is 3.32. The van der Waals surface area contributed by atoms with Gasteiger partial charge < -0.3 is 4.98 Å². The number of rotatable bonds is 1. The molecule has 0 bridgehead atoms. The summed E-state index contributed by atoms with van der Waals surface area (Å²) in [5.74, 6) is 0.135. The molecule has 0 atom stereocenters. The Morgan fingerprint density at radius 3 is 2.89 bits per heavy atom. The van der Waals surface area contributed by atoms with Crippen molar-refractivity contribution in [2.75, 3.05) is 0 Å². The van der Waals surface area contributed by atoms with Crippen LogP contribution >= 0.6 is 12.6 Å². The predicted molar refractivity (Wildman–Crippen MR) is 71.3 cm³/mol. The number of hydrogen-bond donors (Lipinski definition) is 2. The van der Waals surface area contributed by atoms with Crippen LogP contribution in [0.5, 0.6) is 0 Å². The van der Waals surface area contributed by atoms with E-state index in [2.05, 4.69) is 27.6 Å². The standard InChI is InChI=1S/C13H10FN3S/c1-7-2-3-8(11(14)12(7)18)13-16-9-4-5-15-6-10(9)17-13/h2-6,18H,1H3,(H,16,17). The van der Waals surface area contributed by atoms with Gasteiger partial charge in [0.25, 0.3) is 0 Å². The molecule has 0 saturated heterocycles. The van der Waals surface area contributed by atoms with Gasteiger partial charge in [-0.25, -0.2) is 9.37 Å². The molecule has 0 radical (unpaired) electrons. The molecule has 0 saturated carbocycles. The second kappa shape index (κ2) is 4.10. The molecule has 0 amide bonds. The smallest absolute Gasteiger partial charge is 0.147 e. The van der Waals surface area contributed by atoms with Gasteiger partial charge in [-0.1, -0.05) is 6.07 Å². The van der Waals surface area contributed by atoms with Crippen molar-refractivity contribution in [3.8, 4) is 11.4 Å². The molecular formula is C13H10FN3S. The Morgan fingerprint density at radius 1 is 1.28 bits per heavy atom. The molecule has 0 fully saturated rings. The second-order valence-electron chi connectivity index (χ2n) is 4.07. The number of H-pyrrole nitrogens is 1. The first-order valence-electron chi connectivity index (χ1n) is 5.45. The van der Waals surface area contributed by atoms with Gasteiger partial charge in [0.2, 0.25) is 0 Å². The first kappa shape index (κ1) is 11.2. The molecule has 1 N–H and O–H groups in total. The van der Waals surface area contributed by atoms with Crippen molar-refractivity contribution >= 4 is 23.7 Å². The summed E-state index contributed by atoms with van der Waals surface area (Å²) in [7, 11) is 0. The van der Waals surface area contributed by atoms with Crippen molar-refractivity contribution < 1.29 is 4.39 Å². The van der Waals surface area contributed by atoms with E-state index in [1.54, 1.807) is 24.5 Å². The Morgan fingerprint density at radius 2 is 2.11 bits per heavy atom. The lowest BCUT2D eigenvalue weighted by Crippen LogP contribution is -1.90. The van der Waals surface area contributed by atoms with Crippen LogP contribution < -0.4 is 0 Å². The minimum atomic E-state index is -0.356. The van der Waals surface area contributed by atoms with E-state index in [0.29, 0.717) is 16.3 Å². The third-order valence-corrected chi connectivity index (χ3v) is 3.41. The van der Waals surface area contributed by atoms with E-state index >= 15 is 0 Å². The molecule has 0 aliphatic carbocycles. The fraction of sp³-hybridized carbons (Fsp3) is 0.0769. The number of aromatic nitrogens is 3. The third kappa shape index (κ3) is 1.67. The van der Waals surface area contributed by atoms with Crippen LogP contribution in [0, 0.1) is 12.7 Å². The fourth-order valence-corrected chi connectivity index (χ4v) is 2.02. The summed E-state index contributed by atoms with van der Waals surface area (Å²) in [5.41, 5.74) is 2.77. The lowest BCUT2D eigenvalue weighted by atomic mass is 10.1. The zero-order valence-electron chi connectivity index (χ0n) is 9.61. The molecule has 0 spiro atoms. The Balaban J connectivity index is 2.23. The highest BCUT2D eigenvalue weighted by atomic mass is 32.1. The Kier molecular flexibility index (Phi) is 2.56. The molecule has 3 nitrogen and oxygen atoms in total. The Bertz CT molecular complexity index is 703. The Labute approximate surface area is 109 Å². The fourth-order valence-electron chi connectivity index (χ4n) is 1.83. The van der Waals surface area contributed by atoms with Crippen molar-refractivity contribution in [1.29, 1.82) is 0 Å². The molecule has 3 aromatic rings. The van der Waals surface area contributed by atoms with Crippen LogP contribution in [0.15, 0.2) is 35.5 Å². The van der Waals surface area contributed by atoms with Crippen LogP contribution in [-0.4, -0.2) is 15.0 Å². The monoisotopic (exact) mass is 259 g/mol. The predicted octanol–water partition coefficient (Wildman–Crippen LogP) is 3.36. The SMILES string of the molecule is Cc1ccc(-c2nc3ccncc3[nH]2)c(F)c1S. The normalized spacial score (nSPS) is 11.1. The first-order chi connectivity index (χ1) is 8.66. The minimum Gasteiger partial charge on any atom is -0.337 e. The van der Waals surface area contributed by atoms with E-state index in [4.69, 9.17) is 0 Å². The quantitative estimate of drug-likeness (QED) is 0.658. The van der Waals surface area contributed by atoms with E-state index in [-0.39, 0.29) is 5.82 Å². The number of aryl methyl sites for hydroxylation is 1. The average Bonchev–Trinajstić information content (AvgIpc) is 2.79. The lowest BCUT2D eigenvalue weighted by molar-refractivity contribution is 0.603. The molecule has 1 aromatic carbocycles. The van der Waals surface area contributed by atoms with Gasteiger partial charge in [0.05, 0.1) is 22.8 Å². The lowest BCUT2D eigenvalue weighted by Gasteiger charge is -2.04. The summed E-state index contributed by atoms with van der Waals surface area (Å²) >= 11 is 4.17. The maximum atomic E-state index is 14.1. The molecule has 3 rings (SSSR count). The number of halogens is 1. The van der Waals surface area contributed by atoms with Crippen molar-refractivity contribution in [2.24, 2.45) is 0 Å². The van der Waals surface area contributed by atoms with Gasteiger partial charge in [-0.05, 0) is 24.6 Å². The highest BCUT2D eigenvalue weighted by Gasteiger charge is 2.13. The summed E-state index contributed by atoms with van der Waals surface area (Å²) in [6.45, 7) is 1.82. The number of nitrogens with zero attached hydrogens (tertiary/aromatic N) is 2. The van der Waals surface area contributed by atoms with E-state index in [9.17, 15) is 4.39 Å². The van der Waals surface area contributed by atoms with Gasteiger partial charge in [-0.3, -0.25) is 4.98 Å². The minimum absolute atomic E-state index is 0.353. The van der Waals surface area contributed by atoms with Gasteiger partial charge in [0.15, 0.2) is 0 Å². The maximum Gasteiger partial charge on any atom is 0.147 e. The Hall–Kier alpha value is -1.88. The van der Waals surface area contributed by atoms with Crippen LogP contribution in [0.1, 0.15) is 5.56 Å². The molecule has 5 heteroatoms. The van der Waals surface area contributed by atoms with Gasteiger partial charge in [-0.2, -0.15) is 0 Å². The number of fused-ring (bicyclic) bond motifs is 1. The molecule has 0 aliphatic heterocycles. The molecule has 90 valence electrons. The van der Waals surface area contributed by atoms with Crippen molar-refractivity contribution in [2.45, 2.75) is 11.8 Å². The highest BCUT2D eigenvalue weighted by molar-refractivity contribution is 7.80. The zero-order chi connectivity index (χ0) is 12.7. The third-order valence-electron chi connectivity index (χ3n) is 2.86. The van der Waals surface area contributed by atoms with Crippen LogP contribution in [0.3, 0.4) is 0 Å². The number of imidazole rings is 1. The molecule has 0 unspecified atom stereocenters. The number of thiol groups is 1. The topological polar surface area (TPSA) is 41.6 Å². The highest BCUT2D eigenvalue weighted by Crippen LogP contribution is 2.28. The summed E-state index contributed by atoms with van der Waals surface area (Å²) in [4.78, 5) is 11.7. The van der Waals surface area contributed by atoms with Crippen molar-refractivity contribution in [3.05, 3.63) is 42.0 Å². The number of pyridine rings is 1. The summed E-state index contributed by atoms with van der Waals surface area (Å²) in [6, 6.07) is 5.31. The number of benzene rings is 1. The van der Waals surface area contributed by atoms with E-state index in [1.165, 1.54) is 0 Å². The maximum absolute atomic E-state index is 14.1. The van der Waals surface area contributed by atoms with Crippen LogP contribution in [0.4, 0.5) is 4.39 Å². The van der Waals surface area contributed by atoms with Gasteiger partial charge >= 0.3 is 0 Å². The molecule has 0 aliphatic rings. The van der Waals surface area contributed by atoms with E-state index < -0.39 is 0 Å². The largest absolute Gasteiger partial charge is 0.337 e. The van der Waals surface area contributed by atoms with Gasteiger partial charge in [-0.15, -0.1) is 12.6 Å². The number of aromatic amines is 1. The molecule has 18 heavy (non-hydrogen) atoms. The average molecular weight is 259 g/mol. The van der Waals surface area contributed by atoms with E-state index in [0.717, 1.165) is 16.6 Å². The van der Waals surface area contributed by atoms with Crippen molar-refractivity contribution in [1.82, 2.24) is 15.0 Å². The number of nitrogens with one attached hydrogen (secondary N) is 1. The first-order valence-corrected chi connectivity index (χ1v) is 5.89. The molecular weight excluding hydrogens is 249 g/mol. The van der Waals surface area contributed by atoms with Crippen LogP contribution in [0.25, 0.3) is 22.4 Å². The summed E-state index contributed by atoms with van der Waals surface area (Å²) < 4.78 is 14.1. The summed E-state index contributed by atoms with van der Waals surface area (Å²) in [5, 5.41) is 0. The van der Waals surface area contributed by atoms with Crippen molar-refractivity contribution in [3.63, 3.8) is 0 Å². The molecule has 2 aromatic heterocycles. The van der Waals surface area contributed by atoms with Crippen LogP contribution in [-0.2, 0) is 0 Å². The zero-order valence-corrected chi connectivity index (χ0v) is 10.5.